The van der Waals surface area contributed by atoms with E-state index in [1.54, 1.807) is 18.2 Å². The zero-order valence-corrected chi connectivity index (χ0v) is 15.0. The van der Waals surface area contributed by atoms with Crippen LogP contribution in [-0.4, -0.2) is 31.8 Å². The molecule has 1 saturated carbocycles. The van der Waals surface area contributed by atoms with Crippen molar-refractivity contribution in [2.24, 2.45) is 5.92 Å². The van der Waals surface area contributed by atoms with E-state index in [9.17, 15) is 13.6 Å². The van der Waals surface area contributed by atoms with Crippen LogP contribution in [0.15, 0.2) is 18.2 Å². The van der Waals surface area contributed by atoms with Gasteiger partial charge in [-0.15, -0.1) is 0 Å². The van der Waals surface area contributed by atoms with Crippen molar-refractivity contribution in [1.82, 2.24) is 5.32 Å². The smallest absolute Gasteiger partial charge is 0.387 e. The predicted molar refractivity (Wildman–Crippen MR) is 91.4 cm³/mol. The Kier molecular flexibility index (Phi) is 5.96. The molecule has 4 atom stereocenters. The number of nitrogens with one attached hydrogen (secondary N) is 1. The van der Waals surface area contributed by atoms with Crippen molar-refractivity contribution >= 4 is 5.91 Å². The van der Waals surface area contributed by atoms with E-state index in [4.69, 9.17) is 9.47 Å². The van der Waals surface area contributed by atoms with Gasteiger partial charge in [-0.05, 0) is 37.0 Å². The van der Waals surface area contributed by atoms with Crippen molar-refractivity contribution in [2.45, 2.75) is 63.9 Å². The summed E-state index contributed by atoms with van der Waals surface area (Å²) in [4.78, 5) is 11.6. The largest absolute Gasteiger partial charge is 0.493 e. The average Bonchev–Trinajstić information content (AvgIpc) is 2.60. The summed E-state index contributed by atoms with van der Waals surface area (Å²) >= 11 is 0. The van der Waals surface area contributed by atoms with E-state index in [-0.39, 0.29) is 35.7 Å². The average molecular weight is 369 g/mol. The molecule has 144 valence electrons. The Balaban J connectivity index is 1.84. The maximum atomic E-state index is 12.7. The van der Waals surface area contributed by atoms with Crippen molar-refractivity contribution in [3.8, 4) is 11.5 Å². The summed E-state index contributed by atoms with van der Waals surface area (Å²) in [6, 6.07) is 4.98. The molecule has 0 unspecified atom stereocenters. The van der Waals surface area contributed by atoms with E-state index in [2.05, 4.69) is 10.1 Å². The molecule has 0 radical (unpaired) electrons. The first-order chi connectivity index (χ1) is 12.5. The number of benzene rings is 1. The first-order valence-electron chi connectivity index (χ1n) is 9.03. The molecule has 3 rings (SSSR count). The molecule has 1 aromatic carbocycles. The van der Waals surface area contributed by atoms with Crippen LogP contribution in [0.25, 0.3) is 0 Å². The van der Waals surface area contributed by atoms with Crippen molar-refractivity contribution in [2.75, 3.05) is 7.11 Å². The number of rotatable bonds is 5. The van der Waals surface area contributed by atoms with E-state index in [1.807, 2.05) is 0 Å². The summed E-state index contributed by atoms with van der Waals surface area (Å²) < 4.78 is 41.3. The molecule has 1 amide bonds. The van der Waals surface area contributed by atoms with Gasteiger partial charge >= 0.3 is 6.61 Å². The number of halogens is 2. The summed E-state index contributed by atoms with van der Waals surface area (Å²) in [6.45, 7) is -1.41. The fourth-order valence-electron chi connectivity index (χ4n) is 4.15. The molecule has 1 saturated heterocycles. The molecule has 26 heavy (non-hydrogen) atoms. The number of hydrogen-bond acceptors (Lipinski definition) is 4. The minimum atomic E-state index is -2.93. The monoisotopic (exact) mass is 369 g/mol. The quantitative estimate of drug-likeness (QED) is 0.857. The van der Waals surface area contributed by atoms with E-state index in [0.717, 1.165) is 31.2 Å². The van der Waals surface area contributed by atoms with E-state index < -0.39 is 6.61 Å². The second kappa shape index (κ2) is 8.20. The molecule has 2 aliphatic rings. The maximum Gasteiger partial charge on any atom is 0.387 e. The number of fused-ring (bicyclic) bond motifs is 1. The number of ether oxygens (including phenoxy) is 3. The van der Waals surface area contributed by atoms with Gasteiger partial charge in [-0.25, -0.2) is 0 Å². The lowest BCUT2D eigenvalue weighted by Gasteiger charge is -2.45. The SMILES string of the molecule is COc1ccc([C@H]2C[C@@H](NC(C)=O)[C@@H]3CCCC[C@H]3O2)cc1OC(F)F. The first kappa shape index (κ1) is 18.9. The Bertz CT molecular complexity index is 640. The molecule has 2 fully saturated rings. The van der Waals surface area contributed by atoms with Crippen molar-refractivity contribution in [3.63, 3.8) is 0 Å². The van der Waals surface area contributed by atoms with Crippen LogP contribution in [0.3, 0.4) is 0 Å². The highest BCUT2D eigenvalue weighted by atomic mass is 19.3. The number of carbonyl (C=O) groups excluding carboxylic acids is 1. The lowest BCUT2D eigenvalue weighted by Crippen LogP contribution is -2.50. The Morgan fingerprint density at radius 1 is 1.27 bits per heavy atom. The van der Waals surface area contributed by atoms with E-state index >= 15 is 0 Å². The number of hydrogen-bond donors (Lipinski definition) is 1. The fourth-order valence-corrected chi connectivity index (χ4v) is 4.15. The molecule has 0 aromatic heterocycles. The highest BCUT2D eigenvalue weighted by Crippen LogP contribution is 2.43. The minimum absolute atomic E-state index is 0.00885. The van der Waals surface area contributed by atoms with Gasteiger partial charge in [0.05, 0.1) is 19.3 Å². The van der Waals surface area contributed by atoms with Gasteiger partial charge in [0.2, 0.25) is 5.91 Å². The summed E-state index contributed by atoms with van der Waals surface area (Å²) in [5, 5.41) is 3.06. The zero-order valence-electron chi connectivity index (χ0n) is 15.0. The molecule has 1 aliphatic heterocycles. The van der Waals surface area contributed by atoms with Gasteiger partial charge in [-0.2, -0.15) is 8.78 Å². The lowest BCUT2D eigenvalue weighted by molar-refractivity contribution is -0.131. The third-order valence-corrected chi connectivity index (χ3v) is 5.24. The summed E-state index contributed by atoms with van der Waals surface area (Å²) in [7, 11) is 1.41. The normalized spacial score (nSPS) is 28.3. The Hall–Kier alpha value is -1.89. The molecule has 1 heterocycles. The van der Waals surface area contributed by atoms with Gasteiger partial charge < -0.3 is 19.5 Å². The second-order valence-electron chi connectivity index (χ2n) is 6.94. The van der Waals surface area contributed by atoms with Crippen LogP contribution in [0.1, 0.15) is 50.7 Å². The maximum absolute atomic E-state index is 12.7. The molecule has 0 bridgehead atoms. The molecular weight excluding hydrogens is 344 g/mol. The number of alkyl halides is 2. The van der Waals surface area contributed by atoms with Gasteiger partial charge in [-0.1, -0.05) is 18.9 Å². The lowest BCUT2D eigenvalue weighted by atomic mass is 9.76. The predicted octanol–water partition coefficient (Wildman–Crippen LogP) is 3.82. The van der Waals surface area contributed by atoms with Crippen LogP contribution in [0, 0.1) is 5.92 Å². The molecule has 1 aliphatic carbocycles. The second-order valence-corrected chi connectivity index (χ2v) is 6.94. The third-order valence-electron chi connectivity index (χ3n) is 5.24. The molecule has 1 N–H and O–H groups in total. The van der Waals surface area contributed by atoms with E-state index in [0.29, 0.717) is 12.3 Å². The van der Waals surface area contributed by atoms with Gasteiger partial charge in [0, 0.05) is 18.9 Å². The van der Waals surface area contributed by atoms with E-state index in [1.165, 1.54) is 14.0 Å². The van der Waals surface area contributed by atoms with Crippen molar-refractivity contribution in [1.29, 1.82) is 0 Å². The molecule has 5 nitrogen and oxygen atoms in total. The van der Waals surface area contributed by atoms with Gasteiger partial charge in [0.15, 0.2) is 11.5 Å². The number of methoxy groups -OCH3 is 1. The fraction of sp³-hybridized carbons (Fsp3) is 0.632. The highest BCUT2D eigenvalue weighted by molar-refractivity contribution is 5.73. The standard InChI is InChI=1S/C19H25F2NO4/c1-11(23)22-14-10-17(25-15-6-4-3-5-13(14)15)12-7-8-16(24-2)18(9-12)26-19(20)21/h7-9,13-15,17,19H,3-6,10H2,1-2H3,(H,22,23)/t13-,14+,15+,17+/m0/s1. The molecule has 0 spiro atoms. The number of amides is 1. The van der Waals surface area contributed by atoms with Crippen LogP contribution in [0.5, 0.6) is 11.5 Å². The Labute approximate surface area is 152 Å². The van der Waals surface area contributed by atoms with Crippen LogP contribution in [-0.2, 0) is 9.53 Å². The molecule has 7 heteroatoms. The van der Waals surface area contributed by atoms with Crippen LogP contribution in [0.2, 0.25) is 0 Å². The Morgan fingerprint density at radius 2 is 2.04 bits per heavy atom. The van der Waals surface area contributed by atoms with Crippen molar-refractivity contribution in [3.05, 3.63) is 23.8 Å². The van der Waals surface area contributed by atoms with Crippen LogP contribution in [0.4, 0.5) is 8.78 Å². The van der Waals surface area contributed by atoms with Gasteiger partial charge in [0.25, 0.3) is 0 Å². The van der Waals surface area contributed by atoms with Crippen LogP contribution < -0.4 is 14.8 Å². The van der Waals surface area contributed by atoms with Gasteiger partial charge in [0.1, 0.15) is 0 Å². The third kappa shape index (κ3) is 4.26. The van der Waals surface area contributed by atoms with Crippen LogP contribution >= 0.6 is 0 Å². The summed E-state index contributed by atoms with van der Waals surface area (Å²) in [5.74, 6) is 0.486. The van der Waals surface area contributed by atoms with Crippen molar-refractivity contribution < 1.29 is 27.8 Å². The topological polar surface area (TPSA) is 56.8 Å². The zero-order chi connectivity index (χ0) is 18.7. The molecular formula is C19H25F2NO4. The molecule has 1 aromatic rings. The number of carbonyl (C=O) groups is 1. The Morgan fingerprint density at radius 3 is 2.73 bits per heavy atom. The first-order valence-corrected chi connectivity index (χ1v) is 9.03. The minimum Gasteiger partial charge on any atom is -0.493 e. The summed E-state index contributed by atoms with van der Waals surface area (Å²) in [6.07, 6.45) is 4.63. The summed E-state index contributed by atoms with van der Waals surface area (Å²) in [5.41, 5.74) is 0.751. The van der Waals surface area contributed by atoms with Gasteiger partial charge in [-0.3, -0.25) is 4.79 Å². The highest BCUT2D eigenvalue weighted by Gasteiger charge is 2.40.